The molecule has 0 aliphatic rings. The highest BCUT2D eigenvalue weighted by atomic mass is 79.9. The zero-order valence-electron chi connectivity index (χ0n) is 10.4. The van der Waals surface area contributed by atoms with Crippen molar-refractivity contribution in [3.8, 4) is 0 Å². The molecule has 96 valence electrons. The number of hydrogen-bond donors (Lipinski definition) is 1. The Morgan fingerprint density at radius 1 is 1.16 bits per heavy atom. The van der Waals surface area contributed by atoms with Gasteiger partial charge in [0.1, 0.15) is 0 Å². The summed E-state index contributed by atoms with van der Waals surface area (Å²) in [5.74, 6) is -0.239. The minimum Gasteiger partial charge on any atom is -0.267 e. The molecule has 0 aliphatic carbocycles. The summed E-state index contributed by atoms with van der Waals surface area (Å²) >= 11 is 3.33. The van der Waals surface area contributed by atoms with Crippen LogP contribution in [0.3, 0.4) is 0 Å². The number of rotatable bonds is 3. The molecule has 0 spiro atoms. The van der Waals surface area contributed by atoms with Crippen LogP contribution in [0, 0.1) is 6.92 Å². The minimum absolute atomic E-state index is 0.239. The molecule has 3 nitrogen and oxygen atoms in total. The van der Waals surface area contributed by atoms with Crippen molar-refractivity contribution >= 4 is 28.1 Å². The van der Waals surface area contributed by atoms with Crippen molar-refractivity contribution < 1.29 is 4.79 Å². The van der Waals surface area contributed by atoms with Crippen molar-refractivity contribution in [1.82, 2.24) is 5.43 Å². The summed E-state index contributed by atoms with van der Waals surface area (Å²) in [6.07, 6.45) is 1.64. The van der Waals surface area contributed by atoms with Gasteiger partial charge in [-0.2, -0.15) is 5.10 Å². The van der Waals surface area contributed by atoms with Gasteiger partial charge in [-0.15, -0.1) is 0 Å². The first-order valence-corrected chi connectivity index (χ1v) is 6.61. The van der Waals surface area contributed by atoms with Crippen LogP contribution in [0.5, 0.6) is 0 Å². The van der Waals surface area contributed by atoms with Gasteiger partial charge in [0.15, 0.2) is 0 Å². The van der Waals surface area contributed by atoms with Crippen LogP contribution >= 0.6 is 15.9 Å². The van der Waals surface area contributed by atoms with E-state index in [1.165, 1.54) is 0 Å². The van der Waals surface area contributed by atoms with Gasteiger partial charge in [0.25, 0.3) is 5.91 Å². The molecular weight excluding hydrogens is 304 g/mol. The number of benzene rings is 2. The van der Waals surface area contributed by atoms with Gasteiger partial charge < -0.3 is 0 Å². The molecule has 4 heteroatoms. The first-order chi connectivity index (χ1) is 9.18. The van der Waals surface area contributed by atoms with Crippen molar-refractivity contribution in [3.05, 3.63) is 69.7 Å². The van der Waals surface area contributed by atoms with Crippen LogP contribution in [-0.4, -0.2) is 12.1 Å². The fraction of sp³-hybridized carbons (Fsp3) is 0.0667. The van der Waals surface area contributed by atoms with Gasteiger partial charge in [-0.05, 0) is 46.1 Å². The number of nitrogens with zero attached hydrogens (tertiary/aromatic N) is 1. The molecule has 1 N–H and O–H groups in total. The van der Waals surface area contributed by atoms with Gasteiger partial charge in [0.2, 0.25) is 0 Å². The summed E-state index contributed by atoms with van der Waals surface area (Å²) in [6, 6.07) is 15.1. The molecule has 0 saturated heterocycles. The summed E-state index contributed by atoms with van der Waals surface area (Å²) < 4.78 is 0.749. The topological polar surface area (TPSA) is 41.5 Å². The third-order valence-corrected chi connectivity index (χ3v) is 3.37. The van der Waals surface area contributed by atoms with Gasteiger partial charge in [0, 0.05) is 4.47 Å². The van der Waals surface area contributed by atoms with E-state index in [-0.39, 0.29) is 5.91 Å². The Morgan fingerprint density at radius 2 is 1.84 bits per heavy atom. The highest BCUT2D eigenvalue weighted by Gasteiger charge is 2.07. The predicted molar refractivity (Wildman–Crippen MR) is 80.4 cm³/mol. The maximum absolute atomic E-state index is 11.9. The molecule has 0 atom stereocenters. The average Bonchev–Trinajstić information content (AvgIpc) is 2.41. The van der Waals surface area contributed by atoms with Crippen LogP contribution in [-0.2, 0) is 0 Å². The first kappa shape index (κ1) is 13.5. The Kier molecular flexibility index (Phi) is 4.47. The van der Waals surface area contributed by atoms with Crippen LogP contribution < -0.4 is 5.43 Å². The Labute approximate surface area is 120 Å². The lowest BCUT2D eigenvalue weighted by molar-refractivity contribution is 0.0954. The molecule has 0 heterocycles. The van der Waals surface area contributed by atoms with E-state index >= 15 is 0 Å². The van der Waals surface area contributed by atoms with Crippen molar-refractivity contribution in [1.29, 1.82) is 0 Å². The lowest BCUT2D eigenvalue weighted by Gasteiger charge is -2.02. The van der Waals surface area contributed by atoms with E-state index in [4.69, 9.17) is 0 Å². The number of hydrogen-bond acceptors (Lipinski definition) is 2. The van der Waals surface area contributed by atoms with Crippen molar-refractivity contribution in [2.24, 2.45) is 5.10 Å². The quantitative estimate of drug-likeness (QED) is 0.683. The summed E-state index contributed by atoms with van der Waals surface area (Å²) in [4.78, 5) is 11.9. The molecule has 0 fully saturated rings. The molecule has 2 aromatic carbocycles. The second-order valence-electron chi connectivity index (χ2n) is 4.04. The monoisotopic (exact) mass is 316 g/mol. The van der Waals surface area contributed by atoms with E-state index < -0.39 is 0 Å². The maximum atomic E-state index is 11.9. The smallest absolute Gasteiger partial charge is 0.267 e. The zero-order chi connectivity index (χ0) is 13.7. The number of amides is 1. The lowest BCUT2D eigenvalue weighted by Crippen LogP contribution is -2.18. The number of carbonyl (C=O) groups is 1. The van der Waals surface area contributed by atoms with E-state index in [9.17, 15) is 4.79 Å². The van der Waals surface area contributed by atoms with Crippen LogP contribution in [0.2, 0.25) is 0 Å². The minimum atomic E-state index is -0.239. The number of halogens is 1. The predicted octanol–water partition coefficient (Wildman–Crippen LogP) is 3.52. The fourth-order valence-corrected chi connectivity index (χ4v) is 2.06. The summed E-state index contributed by atoms with van der Waals surface area (Å²) in [7, 11) is 0. The van der Waals surface area contributed by atoms with E-state index in [1.807, 2.05) is 49.4 Å². The molecule has 0 unspecified atom stereocenters. The number of carbonyl (C=O) groups excluding carboxylic acids is 1. The molecule has 0 radical (unpaired) electrons. The standard InChI is InChI=1S/C15H13BrN2O/c1-11-6-2-3-7-12(11)10-17-18-15(19)13-8-4-5-9-14(13)16/h2-10H,1H3,(H,18,19)/b17-10+. The molecule has 19 heavy (non-hydrogen) atoms. The Hall–Kier alpha value is -1.94. The van der Waals surface area contributed by atoms with E-state index in [1.54, 1.807) is 12.3 Å². The molecule has 2 rings (SSSR count). The third-order valence-electron chi connectivity index (χ3n) is 2.68. The third kappa shape index (κ3) is 3.51. The van der Waals surface area contributed by atoms with Crippen molar-refractivity contribution in [2.75, 3.05) is 0 Å². The van der Waals surface area contributed by atoms with Gasteiger partial charge >= 0.3 is 0 Å². The van der Waals surface area contributed by atoms with E-state index in [0.717, 1.165) is 15.6 Å². The van der Waals surface area contributed by atoms with Crippen LogP contribution in [0.1, 0.15) is 21.5 Å². The second-order valence-corrected chi connectivity index (χ2v) is 4.89. The fourth-order valence-electron chi connectivity index (χ4n) is 1.60. The summed E-state index contributed by atoms with van der Waals surface area (Å²) in [6.45, 7) is 2.00. The van der Waals surface area contributed by atoms with Gasteiger partial charge in [0.05, 0.1) is 11.8 Å². The van der Waals surface area contributed by atoms with Gasteiger partial charge in [-0.1, -0.05) is 36.4 Å². The second kappa shape index (κ2) is 6.29. The number of aryl methyl sites for hydroxylation is 1. The summed E-state index contributed by atoms with van der Waals surface area (Å²) in [5.41, 5.74) is 5.17. The summed E-state index contributed by atoms with van der Waals surface area (Å²) in [5, 5.41) is 3.97. The molecule has 2 aromatic rings. The Bertz CT molecular complexity index is 623. The Balaban J connectivity index is 2.06. The van der Waals surface area contributed by atoms with E-state index in [0.29, 0.717) is 5.56 Å². The van der Waals surface area contributed by atoms with Crippen LogP contribution in [0.25, 0.3) is 0 Å². The van der Waals surface area contributed by atoms with Gasteiger partial charge in [-0.25, -0.2) is 5.43 Å². The van der Waals surface area contributed by atoms with Crippen LogP contribution in [0.15, 0.2) is 58.1 Å². The number of hydrazone groups is 1. The molecule has 0 bridgehead atoms. The van der Waals surface area contributed by atoms with Gasteiger partial charge in [-0.3, -0.25) is 4.79 Å². The van der Waals surface area contributed by atoms with Crippen molar-refractivity contribution in [2.45, 2.75) is 6.92 Å². The molecular formula is C15H13BrN2O. The maximum Gasteiger partial charge on any atom is 0.272 e. The zero-order valence-corrected chi connectivity index (χ0v) is 12.0. The highest BCUT2D eigenvalue weighted by molar-refractivity contribution is 9.10. The molecule has 0 aliphatic heterocycles. The normalized spacial score (nSPS) is 10.6. The first-order valence-electron chi connectivity index (χ1n) is 5.82. The molecule has 1 amide bonds. The van der Waals surface area contributed by atoms with E-state index in [2.05, 4.69) is 26.5 Å². The van der Waals surface area contributed by atoms with Crippen molar-refractivity contribution in [3.63, 3.8) is 0 Å². The molecule has 0 aromatic heterocycles. The largest absolute Gasteiger partial charge is 0.272 e. The SMILES string of the molecule is Cc1ccccc1/C=N/NC(=O)c1ccccc1Br. The average molecular weight is 317 g/mol. The van der Waals surface area contributed by atoms with Crippen LogP contribution in [0.4, 0.5) is 0 Å². The lowest BCUT2D eigenvalue weighted by atomic mass is 10.1. The molecule has 0 saturated carbocycles. The Morgan fingerprint density at radius 3 is 2.58 bits per heavy atom. The number of nitrogens with one attached hydrogen (secondary N) is 1. The highest BCUT2D eigenvalue weighted by Crippen LogP contribution is 2.15.